The second-order valence-electron chi connectivity index (χ2n) is 4.25. The number of nitrogens with zero attached hydrogens (tertiary/aromatic N) is 1. The summed E-state index contributed by atoms with van der Waals surface area (Å²) in [5, 5.41) is 1.36. The van der Waals surface area contributed by atoms with E-state index in [1.807, 2.05) is 11.8 Å². The van der Waals surface area contributed by atoms with Gasteiger partial charge in [0.15, 0.2) is 0 Å². The van der Waals surface area contributed by atoms with Gasteiger partial charge in [0, 0.05) is 17.6 Å². The Kier molecular flexibility index (Phi) is 3.10. The number of hydrogen-bond acceptors (Lipinski definition) is 2. The van der Waals surface area contributed by atoms with Gasteiger partial charge in [0.05, 0.1) is 5.03 Å². The highest BCUT2D eigenvalue weighted by atomic mass is 32.2. The van der Waals surface area contributed by atoms with Gasteiger partial charge in [0.1, 0.15) is 0 Å². The van der Waals surface area contributed by atoms with E-state index in [1.165, 1.54) is 26.8 Å². The van der Waals surface area contributed by atoms with Crippen LogP contribution in [-0.4, -0.2) is 11.9 Å². The summed E-state index contributed by atoms with van der Waals surface area (Å²) < 4.78 is 0. The van der Waals surface area contributed by atoms with Crippen molar-refractivity contribution in [2.24, 2.45) is 0 Å². The first-order chi connectivity index (χ1) is 7.61. The molecule has 0 spiro atoms. The molecule has 0 amide bonds. The number of hydrogen-bond donors (Lipinski definition) is 0. The Labute approximate surface area is 102 Å². The maximum Gasteiger partial charge on any atom is 0.0782 e. The fourth-order valence-electron chi connectivity index (χ4n) is 1.84. The molecule has 2 rings (SSSR count). The first-order valence-corrected chi connectivity index (χ1v) is 6.28. The van der Waals surface area contributed by atoms with Crippen LogP contribution in [0.15, 0.2) is 46.6 Å². The molecule has 0 bridgehead atoms. The maximum atomic E-state index is 2.28. The van der Waals surface area contributed by atoms with Crippen LogP contribution in [0.25, 0.3) is 4.91 Å². The van der Waals surface area contributed by atoms with Gasteiger partial charge >= 0.3 is 0 Å². The van der Waals surface area contributed by atoms with E-state index in [1.54, 1.807) is 0 Å². The molecule has 0 aliphatic carbocycles. The van der Waals surface area contributed by atoms with Crippen LogP contribution in [-0.2, 0) is 0 Å². The van der Waals surface area contributed by atoms with Crippen LogP contribution >= 0.6 is 11.8 Å². The van der Waals surface area contributed by atoms with E-state index in [-0.39, 0.29) is 0 Å². The summed E-state index contributed by atoms with van der Waals surface area (Å²) in [5.74, 6) is 0. The van der Waals surface area contributed by atoms with Crippen molar-refractivity contribution in [2.75, 3.05) is 7.05 Å². The Morgan fingerprint density at radius 2 is 1.75 bits per heavy atom. The minimum Gasteiger partial charge on any atom is -0.342 e. The van der Waals surface area contributed by atoms with E-state index in [4.69, 9.17) is 0 Å². The van der Waals surface area contributed by atoms with Gasteiger partial charge in [-0.1, -0.05) is 42.1 Å². The summed E-state index contributed by atoms with van der Waals surface area (Å²) >= 11 is 1.87. The number of rotatable bonds is 1. The van der Waals surface area contributed by atoms with Crippen molar-refractivity contribution in [3.05, 3.63) is 52.2 Å². The number of allylic oxidation sites excluding steroid dienone is 2. The van der Waals surface area contributed by atoms with Crippen LogP contribution in [0.2, 0.25) is 0 Å². The van der Waals surface area contributed by atoms with Crippen LogP contribution < -0.4 is 0 Å². The molecule has 1 heterocycles. The second kappa shape index (κ2) is 4.38. The number of benzene rings is 1. The summed E-state index contributed by atoms with van der Waals surface area (Å²) in [6.45, 7) is 6.52. The van der Waals surface area contributed by atoms with Gasteiger partial charge in [0.2, 0.25) is 0 Å². The Morgan fingerprint density at radius 1 is 1.12 bits per heavy atom. The Balaban J connectivity index is 2.42. The van der Waals surface area contributed by atoms with Gasteiger partial charge in [-0.25, -0.2) is 0 Å². The molecule has 84 valence electrons. The highest BCUT2D eigenvalue weighted by Crippen LogP contribution is 2.46. The molecule has 1 aliphatic rings. The summed E-state index contributed by atoms with van der Waals surface area (Å²) in [6, 6.07) is 10.6. The highest BCUT2D eigenvalue weighted by molar-refractivity contribution is 8.12. The van der Waals surface area contributed by atoms with E-state index in [0.717, 1.165) is 0 Å². The minimum atomic E-state index is 1.31. The van der Waals surface area contributed by atoms with Crippen LogP contribution in [0.1, 0.15) is 26.3 Å². The lowest BCUT2D eigenvalue weighted by atomic mass is 10.2. The van der Waals surface area contributed by atoms with Gasteiger partial charge in [-0.15, -0.1) is 0 Å². The summed E-state index contributed by atoms with van der Waals surface area (Å²) in [5.41, 5.74) is 4.03. The van der Waals surface area contributed by atoms with Crippen molar-refractivity contribution in [3.8, 4) is 0 Å². The summed E-state index contributed by atoms with van der Waals surface area (Å²) in [4.78, 5) is 3.65. The van der Waals surface area contributed by atoms with E-state index in [2.05, 4.69) is 63.1 Å². The molecule has 16 heavy (non-hydrogen) atoms. The molecule has 1 nitrogen and oxygen atoms in total. The van der Waals surface area contributed by atoms with Gasteiger partial charge in [-0.05, 0) is 31.9 Å². The molecule has 0 N–H and O–H groups in total. The van der Waals surface area contributed by atoms with E-state index < -0.39 is 0 Å². The maximum absolute atomic E-state index is 2.28. The molecule has 1 aliphatic heterocycles. The third-order valence-corrected chi connectivity index (χ3v) is 4.41. The zero-order valence-electron chi connectivity index (χ0n) is 10.2. The topological polar surface area (TPSA) is 3.24 Å². The van der Waals surface area contributed by atoms with Crippen LogP contribution in [0.5, 0.6) is 0 Å². The molecule has 0 aromatic heterocycles. The quantitative estimate of drug-likeness (QED) is 0.708. The first kappa shape index (κ1) is 11.3. The van der Waals surface area contributed by atoms with Crippen molar-refractivity contribution >= 4 is 16.7 Å². The Hall–Kier alpha value is -1.15. The fraction of sp³-hybridized carbons (Fsp3) is 0.286. The zero-order chi connectivity index (χ0) is 11.7. The molecule has 2 heteroatoms. The highest BCUT2D eigenvalue weighted by Gasteiger charge is 2.23. The summed E-state index contributed by atoms with van der Waals surface area (Å²) in [6.07, 6.45) is 0. The molecule has 0 unspecified atom stereocenters. The molecule has 0 saturated heterocycles. The monoisotopic (exact) mass is 231 g/mol. The predicted molar refractivity (Wildman–Crippen MR) is 72.8 cm³/mol. The molecule has 0 fully saturated rings. The lowest BCUT2D eigenvalue weighted by Crippen LogP contribution is -2.09. The Bertz CT molecular complexity index is 453. The standard InChI is InChI=1S/C14H17NS/c1-10(2)14-15(4)11(3)13(16-14)12-8-6-5-7-9-12/h5-9H,1-4H3. The molecule has 0 atom stereocenters. The lowest BCUT2D eigenvalue weighted by molar-refractivity contribution is 0.562. The van der Waals surface area contributed by atoms with Crippen molar-refractivity contribution in [1.82, 2.24) is 4.90 Å². The normalized spacial score (nSPS) is 16.0. The summed E-state index contributed by atoms with van der Waals surface area (Å²) in [7, 11) is 2.14. The van der Waals surface area contributed by atoms with Crippen LogP contribution in [0.4, 0.5) is 0 Å². The molecule has 0 radical (unpaired) electrons. The second-order valence-corrected chi connectivity index (χ2v) is 5.25. The third kappa shape index (κ3) is 1.90. The molecule has 1 aromatic rings. The average Bonchev–Trinajstić information content (AvgIpc) is 2.58. The minimum absolute atomic E-state index is 1.31. The van der Waals surface area contributed by atoms with Crippen molar-refractivity contribution in [2.45, 2.75) is 20.8 Å². The molecular weight excluding hydrogens is 214 g/mol. The van der Waals surface area contributed by atoms with Crippen molar-refractivity contribution in [3.63, 3.8) is 0 Å². The predicted octanol–water partition coefficient (Wildman–Crippen LogP) is 4.31. The van der Waals surface area contributed by atoms with Gasteiger partial charge in [-0.2, -0.15) is 0 Å². The van der Waals surface area contributed by atoms with E-state index in [0.29, 0.717) is 0 Å². The fourth-order valence-corrected chi connectivity index (χ4v) is 3.05. The number of thioether (sulfide) groups is 1. The van der Waals surface area contributed by atoms with Gasteiger partial charge in [0.25, 0.3) is 0 Å². The molecular formula is C14H17NS. The SMILES string of the molecule is CC(C)=C1SC(c2ccccc2)=C(C)N1C. The van der Waals surface area contributed by atoms with Crippen molar-refractivity contribution < 1.29 is 0 Å². The largest absolute Gasteiger partial charge is 0.342 e. The van der Waals surface area contributed by atoms with Crippen LogP contribution in [0, 0.1) is 0 Å². The van der Waals surface area contributed by atoms with E-state index >= 15 is 0 Å². The molecule has 1 aromatic carbocycles. The smallest absolute Gasteiger partial charge is 0.0782 e. The van der Waals surface area contributed by atoms with Gasteiger partial charge in [-0.3, -0.25) is 0 Å². The van der Waals surface area contributed by atoms with Crippen molar-refractivity contribution in [1.29, 1.82) is 0 Å². The Morgan fingerprint density at radius 3 is 2.25 bits per heavy atom. The van der Waals surface area contributed by atoms with Crippen LogP contribution in [0.3, 0.4) is 0 Å². The van der Waals surface area contributed by atoms with Gasteiger partial charge < -0.3 is 4.90 Å². The zero-order valence-corrected chi connectivity index (χ0v) is 11.1. The average molecular weight is 231 g/mol. The lowest BCUT2D eigenvalue weighted by Gasteiger charge is -2.15. The van der Waals surface area contributed by atoms with E-state index in [9.17, 15) is 0 Å². The third-order valence-electron chi connectivity index (χ3n) is 2.80. The molecule has 0 saturated carbocycles. The first-order valence-electron chi connectivity index (χ1n) is 5.46.